The molecule has 0 unspecified atom stereocenters. The first kappa shape index (κ1) is 12.5. The molecule has 0 saturated carbocycles. The van der Waals surface area contributed by atoms with E-state index in [-0.39, 0.29) is 0 Å². The lowest BCUT2D eigenvalue weighted by atomic mass is 10.4. The van der Waals surface area contributed by atoms with Gasteiger partial charge in [0.1, 0.15) is 16.1 Å². The lowest BCUT2D eigenvalue weighted by Crippen LogP contribution is -1.98. The summed E-state index contributed by atoms with van der Waals surface area (Å²) in [4.78, 5) is 4.15. The summed E-state index contributed by atoms with van der Waals surface area (Å²) in [6.45, 7) is 0.678. The van der Waals surface area contributed by atoms with E-state index in [4.69, 9.17) is 4.42 Å². The van der Waals surface area contributed by atoms with Crippen molar-refractivity contribution < 1.29 is 4.42 Å². The first-order chi connectivity index (χ1) is 8.28. The zero-order chi connectivity index (χ0) is 12.1. The molecule has 2 heterocycles. The summed E-state index contributed by atoms with van der Waals surface area (Å²) in [6, 6.07) is 7.91. The van der Waals surface area contributed by atoms with E-state index in [0.29, 0.717) is 6.54 Å². The second-order valence-corrected chi connectivity index (χ2v) is 5.20. The van der Waals surface area contributed by atoms with Crippen LogP contribution in [-0.4, -0.2) is 11.2 Å². The molecule has 3 nitrogen and oxygen atoms in total. The number of aromatic nitrogens is 1. The van der Waals surface area contributed by atoms with E-state index in [9.17, 15) is 0 Å². The number of hydrogen-bond donors (Lipinski definition) is 1. The van der Waals surface area contributed by atoms with Crippen LogP contribution in [-0.2, 0) is 12.3 Å². The number of thioether (sulfide) groups is 1. The summed E-state index contributed by atoms with van der Waals surface area (Å²) in [5.41, 5.74) is 0.982. The van der Waals surface area contributed by atoms with Gasteiger partial charge >= 0.3 is 0 Å². The lowest BCUT2D eigenvalue weighted by molar-refractivity contribution is 0.487. The largest absolute Gasteiger partial charge is 0.463 e. The highest BCUT2D eigenvalue weighted by Gasteiger charge is 2.01. The Bertz CT molecular complexity index is 470. The fourth-order valence-corrected chi connectivity index (χ4v) is 2.08. The van der Waals surface area contributed by atoms with Gasteiger partial charge in [0.25, 0.3) is 0 Å². The van der Waals surface area contributed by atoms with Crippen molar-refractivity contribution in [2.45, 2.75) is 12.3 Å². The van der Waals surface area contributed by atoms with Crippen LogP contribution in [0.3, 0.4) is 0 Å². The molecule has 0 aliphatic carbocycles. The predicted octanol–water partition coefficient (Wildman–Crippen LogP) is 3.91. The molecular weight excluding hydrogens is 300 g/mol. The molecule has 0 bridgehead atoms. The molecule has 0 aliphatic rings. The van der Waals surface area contributed by atoms with Crippen molar-refractivity contribution in [1.82, 2.24) is 4.98 Å². The van der Waals surface area contributed by atoms with Crippen LogP contribution in [0.4, 0.5) is 5.69 Å². The second-order valence-electron chi connectivity index (χ2n) is 3.52. The molecule has 0 amide bonds. The van der Waals surface area contributed by atoms with Gasteiger partial charge in [0.2, 0.25) is 0 Å². The number of nitrogens with one attached hydrogen (secondary N) is 1. The minimum atomic E-state index is 0.678. The van der Waals surface area contributed by atoms with E-state index in [1.165, 1.54) is 0 Å². The zero-order valence-electron chi connectivity index (χ0n) is 9.44. The van der Waals surface area contributed by atoms with E-state index in [1.54, 1.807) is 18.0 Å². The SMILES string of the molecule is CSCc1ccc(CNc2ccc(Br)nc2)o1. The zero-order valence-corrected chi connectivity index (χ0v) is 11.8. The minimum Gasteiger partial charge on any atom is -0.463 e. The third-order valence-corrected chi connectivity index (χ3v) is 3.24. The van der Waals surface area contributed by atoms with Crippen molar-refractivity contribution in [3.8, 4) is 0 Å². The molecule has 0 atom stereocenters. The molecule has 0 fully saturated rings. The molecule has 1 N–H and O–H groups in total. The molecule has 5 heteroatoms. The smallest absolute Gasteiger partial charge is 0.123 e. The summed E-state index contributed by atoms with van der Waals surface area (Å²) >= 11 is 5.06. The minimum absolute atomic E-state index is 0.678. The molecule has 0 saturated heterocycles. The van der Waals surface area contributed by atoms with Crippen LogP contribution in [0, 0.1) is 0 Å². The van der Waals surface area contributed by atoms with Crippen molar-refractivity contribution in [1.29, 1.82) is 0 Å². The molecule has 90 valence electrons. The number of pyridine rings is 1. The van der Waals surface area contributed by atoms with Crippen LogP contribution in [0.15, 0.2) is 39.5 Å². The molecular formula is C12H13BrN2OS. The van der Waals surface area contributed by atoms with Crippen molar-refractivity contribution >= 4 is 33.4 Å². The molecule has 0 radical (unpaired) electrons. The summed E-state index contributed by atoms with van der Waals surface area (Å²) in [5, 5.41) is 3.26. The third kappa shape index (κ3) is 3.78. The van der Waals surface area contributed by atoms with Crippen LogP contribution in [0.1, 0.15) is 11.5 Å². The van der Waals surface area contributed by atoms with E-state index in [0.717, 1.165) is 27.6 Å². The van der Waals surface area contributed by atoms with Crippen LogP contribution in [0.2, 0.25) is 0 Å². The predicted molar refractivity (Wildman–Crippen MR) is 75.2 cm³/mol. The van der Waals surface area contributed by atoms with Gasteiger partial charge in [-0.15, -0.1) is 0 Å². The lowest BCUT2D eigenvalue weighted by Gasteiger charge is -2.03. The standard InChI is InChI=1S/C12H13BrN2OS/c1-17-8-11-4-3-10(16-11)7-14-9-2-5-12(13)15-6-9/h2-6,14H,7-8H2,1H3. The monoisotopic (exact) mass is 312 g/mol. The molecule has 0 aliphatic heterocycles. The number of furan rings is 1. The molecule has 0 spiro atoms. The quantitative estimate of drug-likeness (QED) is 0.849. The molecule has 2 aromatic heterocycles. The molecule has 0 aromatic carbocycles. The maximum atomic E-state index is 5.66. The van der Waals surface area contributed by atoms with Crippen molar-refractivity contribution in [3.05, 3.63) is 46.6 Å². The highest BCUT2D eigenvalue weighted by molar-refractivity contribution is 9.10. The first-order valence-corrected chi connectivity index (χ1v) is 7.38. The Morgan fingerprint density at radius 2 is 2.12 bits per heavy atom. The van der Waals surface area contributed by atoms with Crippen molar-refractivity contribution in [3.63, 3.8) is 0 Å². The third-order valence-electron chi connectivity index (χ3n) is 2.20. The Labute approximate surface area is 113 Å². The Kier molecular flexibility index (Phi) is 4.50. The van der Waals surface area contributed by atoms with Crippen LogP contribution >= 0.6 is 27.7 Å². The Morgan fingerprint density at radius 1 is 1.29 bits per heavy atom. The topological polar surface area (TPSA) is 38.1 Å². The number of hydrogen-bond acceptors (Lipinski definition) is 4. The van der Waals surface area contributed by atoms with Gasteiger partial charge in [-0.1, -0.05) is 0 Å². The van der Waals surface area contributed by atoms with Crippen molar-refractivity contribution in [2.75, 3.05) is 11.6 Å². The van der Waals surface area contributed by atoms with E-state index in [1.807, 2.05) is 24.3 Å². The number of rotatable bonds is 5. The normalized spacial score (nSPS) is 10.5. The van der Waals surface area contributed by atoms with Crippen LogP contribution in [0.25, 0.3) is 0 Å². The van der Waals surface area contributed by atoms with Crippen LogP contribution in [0.5, 0.6) is 0 Å². The summed E-state index contributed by atoms with van der Waals surface area (Å²) < 4.78 is 6.49. The number of halogens is 1. The Hall–Kier alpha value is -0.940. The number of nitrogens with zero attached hydrogens (tertiary/aromatic N) is 1. The second kappa shape index (κ2) is 6.12. The first-order valence-electron chi connectivity index (χ1n) is 5.20. The molecule has 2 aromatic rings. The van der Waals surface area contributed by atoms with Gasteiger partial charge in [0, 0.05) is 0 Å². The fourth-order valence-electron chi connectivity index (χ4n) is 1.41. The van der Waals surface area contributed by atoms with Gasteiger partial charge in [0.05, 0.1) is 24.2 Å². The van der Waals surface area contributed by atoms with Gasteiger partial charge in [-0.2, -0.15) is 11.8 Å². The average Bonchev–Trinajstić information content (AvgIpc) is 2.77. The van der Waals surface area contributed by atoms with Gasteiger partial charge in [-0.3, -0.25) is 0 Å². The van der Waals surface area contributed by atoms with Gasteiger partial charge < -0.3 is 9.73 Å². The average molecular weight is 313 g/mol. The highest BCUT2D eigenvalue weighted by atomic mass is 79.9. The van der Waals surface area contributed by atoms with E-state index in [2.05, 4.69) is 32.5 Å². The Morgan fingerprint density at radius 3 is 2.82 bits per heavy atom. The molecule has 17 heavy (non-hydrogen) atoms. The van der Waals surface area contributed by atoms with E-state index < -0.39 is 0 Å². The highest BCUT2D eigenvalue weighted by Crippen LogP contribution is 2.15. The summed E-state index contributed by atoms with van der Waals surface area (Å²) in [6.07, 6.45) is 3.85. The molecule has 2 rings (SSSR count). The van der Waals surface area contributed by atoms with Crippen molar-refractivity contribution in [2.24, 2.45) is 0 Å². The Balaban J connectivity index is 1.90. The van der Waals surface area contributed by atoms with Gasteiger partial charge in [0.15, 0.2) is 0 Å². The summed E-state index contributed by atoms with van der Waals surface area (Å²) in [7, 11) is 0. The maximum Gasteiger partial charge on any atom is 0.123 e. The van der Waals surface area contributed by atoms with Gasteiger partial charge in [-0.05, 0) is 46.5 Å². The maximum absolute atomic E-state index is 5.66. The number of anilines is 1. The summed E-state index contributed by atoms with van der Waals surface area (Å²) in [5.74, 6) is 2.88. The van der Waals surface area contributed by atoms with Crippen LogP contribution < -0.4 is 5.32 Å². The van der Waals surface area contributed by atoms with Gasteiger partial charge in [-0.25, -0.2) is 4.98 Å². The van der Waals surface area contributed by atoms with E-state index >= 15 is 0 Å². The fraction of sp³-hybridized carbons (Fsp3) is 0.250.